The van der Waals surface area contributed by atoms with Crippen LogP contribution in [0.25, 0.3) is 10.9 Å². The Kier molecular flexibility index (Phi) is 9.16. The first-order valence-electron chi connectivity index (χ1n) is 13.3. The molecule has 1 saturated heterocycles. The number of aromatic nitrogens is 1. The summed E-state index contributed by atoms with van der Waals surface area (Å²) < 4.78 is 46.3. The number of fused-ring (bicyclic) bond motifs is 1. The predicted molar refractivity (Wildman–Crippen MR) is 144 cm³/mol. The van der Waals surface area contributed by atoms with E-state index in [0.29, 0.717) is 22.5 Å². The highest BCUT2D eigenvalue weighted by molar-refractivity contribution is 6.31. The predicted octanol–water partition coefficient (Wildman–Crippen LogP) is 3.85. The quantitative estimate of drug-likeness (QED) is 0.436. The van der Waals surface area contributed by atoms with Gasteiger partial charge >= 0.3 is 12.5 Å². The molecule has 11 nitrogen and oxygen atoms in total. The van der Waals surface area contributed by atoms with E-state index in [1.807, 2.05) is 0 Å². The summed E-state index contributed by atoms with van der Waals surface area (Å²) in [6.45, 7) is 4.94. The number of likely N-dealkylation sites (tertiary alicyclic amines) is 1. The normalized spacial score (nSPS) is 22.6. The number of hydrogen-bond donors (Lipinski definition) is 3. The maximum Gasteiger partial charge on any atom is 0.522 e. The minimum atomic E-state index is -4.79. The van der Waals surface area contributed by atoms with Gasteiger partial charge in [-0.05, 0) is 64.7 Å². The molecule has 42 heavy (non-hydrogen) atoms. The van der Waals surface area contributed by atoms with Crippen molar-refractivity contribution in [3.8, 4) is 0 Å². The molecule has 0 radical (unpaired) electrons. The van der Waals surface area contributed by atoms with Gasteiger partial charge in [-0.25, -0.2) is 4.79 Å². The van der Waals surface area contributed by atoms with E-state index in [4.69, 9.17) is 16.3 Å². The fraction of sp³-hybridized carbons (Fsp3) is 0.519. The highest BCUT2D eigenvalue weighted by Gasteiger charge is 2.43. The van der Waals surface area contributed by atoms with Crippen molar-refractivity contribution in [1.82, 2.24) is 26.1 Å². The summed E-state index contributed by atoms with van der Waals surface area (Å²) in [6, 6.07) is 5.21. The number of amides is 4. The van der Waals surface area contributed by atoms with Gasteiger partial charge in [-0.15, -0.1) is 13.2 Å². The van der Waals surface area contributed by atoms with Crippen molar-refractivity contribution in [3.05, 3.63) is 41.0 Å². The molecule has 1 aliphatic heterocycles. The van der Waals surface area contributed by atoms with Crippen LogP contribution in [0.5, 0.6) is 0 Å². The number of carbonyl (C=O) groups excluding carboxylic acids is 4. The Hall–Kier alpha value is -3.65. The van der Waals surface area contributed by atoms with Crippen LogP contribution in [0, 0.1) is 5.92 Å². The summed E-state index contributed by atoms with van der Waals surface area (Å²) in [5.41, 5.74) is 4.53. The molecule has 1 saturated carbocycles. The second-order valence-electron chi connectivity index (χ2n) is 11.3. The highest BCUT2D eigenvalue weighted by atomic mass is 35.5. The number of rotatable bonds is 5. The summed E-state index contributed by atoms with van der Waals surface area (Å²) in [5, 5.41) is 4.10. The van der Waals surface area contributed by atoms with Gasteiger partial charge in [-0.1, -0.05) is 17.7 Å². The van der Waals surface area contributed by atoms with Gasteiger partial charge < -0.3 is 10.1 Å². The third-order valence-electron chi connectivity index (χ3n) is 6.83. The zero-order valence-electron chi connectivity index (χ0n) is 23.1. The summed E-state index contributed by atoms with van der Waals surface area (Å²) in [4.78, 5) is 56.8. The largest absolute Gasteiger partial charge is 0.522 e. The third kappa shape index (κ3) is 8.22. The maximum atomic E-state index is 13.1. The molecule has 2 aliphatic rings. The zero-order valence-corrected chi connectivity index (χ0v) is 23.8. The second kappa shape index (κ2) is 12.3. The van der Waals surface area contributed by atoms with E-state index in [-0.39, 0.29) is 25.8 Å². The van der Waals surface area contributed by atoms with Crippen molar-refractivity contribution in [2.75, 3.05) is 6.54 Å². The second-order valence-corrected chi connectivity index (χ2v) is 11.7. The van der Waals surface area contributed by atoms with Crippen LogP contribution in [0.4, 0.5) is 18.0 Å². The Morgan fingerprint density at radius 1 is 1.02 bits per heavy atom. The van der Waals surface area contributed by atoms with Crippen LogP contribution in [0.2, 0.25) is 5.02 Å². The summed E-state index contributed by atoms with van der Waals surface area (Å²) in [6.07, 6.45) is -5.10. The average Bonchev–Trinajstić information content (AvgIpc) is 2.87. The molecule has 1 aromatic heterocycles. The molecule has 0 spiro atoms. The summed E-state index contributed by atoms with van der Waals surface area (Å²) in [7, 11) is 0. The number of benzene rings is 1. The average molecular weight is 614 g/mol. The van der Waals surface area contributed by atoms with Crippen molar-refractivity contribution in [3.63, 3.8) is 0 Å². The van der Waals surface area contributed by atoms with Crippen LogP contribution in [0.3, 0.4) is 0 Å². The Bertz CT molecular complexity index is 1360. The Balaban J connectivity index is 1.37. The molecular formula is C27H31ClF3N5O6. The van der Waals surface area contributed by atoms with Crippen molar-refractivity contribution in [2.45, 2.75) is 76.6 Å². The van der Waals surface area contributed by atoms with Gasteiger partial charge in [0.2, 0.25) is 5.91 Å². The van der Waals surface area contributed by atoms with Crippen LogP contribution in [0.1, 0.15) is 56.8 Å². The lowest BCUT2D eigenvalue weighted by Crippen LogP contribution is -2.61. The highest BCUT2D eigenvalue weighted by Crippen LogP contribution is 2.34. The molecule has 228 valence electrons. The van der Waals surface area contributed by atoms with Gasteiger partial charge in [-0.2, -0.15) is 0 Å². The molecule has 2 aromatic rings. The number of nitrogens with one attached hydrogen (secondary N) is 3. The van der Waals surface area contributed by atoms with Gasteiger partial charge in [0.25, 0.3) is 11.8 Å². The lowest BCUT2D eigenvalue weighted by Gasteiger charge is -2.39. The number of hydrazine groups is 1. The van der Waals surface area contributed by atoms with Gasteiger partial charge in [0, 0.05) is 35.1 Å². The number of nitrogens with zero attached hydrogens (tertiary/aromatic N) is 2. The monoisotopic (exact) mass is 613 g/mol. The van der Waals surface area contributed by atoms with Crippen LogP contribution in [-0.4, -0.2) is 70.4 Å². The first-order valence-corrected chi connectivity index (χ1v) is 13.7. The van der Waals surface area contributed by atoms with E-state index in [2.05, 4.69) is 25.9 Å². The lowest BCUT2D eigenvalue weighted by molar-refractivity contribution is -0.353. The summed E-state index contributed by atoms with van der Waals surface area (Å²) in [5.74, 6) is -2.55. The van der Waals surface area contributed by atoms with E-state index in [9.17, 15) is 32.3 Å². The minimum absolute atomic E-state index is 0.0532. The third-order valence-corrected chi connectivity index (χ3v) is 7.07. The number of alkyl halides is 3. The van der Waals surface area contributed by atoms with Gasteiger partial charge in [-0.3, -0.25) is 39.9 Å². The van der Waals surface area contributed by atoms with E-state index < -0.39 is 59.9 Å². The molecule has 3 N–H and O–H groups in total. The van der Waals surface area contributed by atoms with Gasteiger partial charge in [0.15, 0.2) is 0 Å². The van der Waals surface area contributed by atoms with Crippen LogP contribution < -0.4 is 16.2 Å². The van der Waals surface area contributed by atoms with Crippen molar-refractivity contribution >= 4 is 46.3 Å². The number of piperidine rings is 1. The van der Waals surface area contributed by atoms with E-state index in [0.717, 1.165) is 5.39 Å². The fourth-order valence-electron chi connectivity index (χ4n) is 4.74. The van der Waals surface area contributed by atoms with Crippen molar-refractivity contribution in [2.24, 2.45) is 5.92 Å². The molecule has 4 rings (SSSR count). The van der Waals surface area contributed by atoms with E-state index >= 15 is 0 Å². The molecule has 2 heterocycles. The molecule has 0 unspecified atom stereocenters. The smallest absolute Gasteiger partial charge is 0.444 e. The lowest BCUT2D eigenvalue weighted by atomic mass is 9.82. The molecule has 1 aromatic carbocycles. The Labute approximate surface area is 244 Å². The molecule has 0 bridgehead atoms. The Morgan fingerprint density at radius 3 is 2.38 bits per heavy atom. The van der Waals surface area contributed by atoms with E-state index in [1.54, 1.807) is 45.0 Å². The number of pyridine rings is 1. The van der Waals surface area contributed by atoms with Gasteiger partial charge in [0.05, 0.1) is 17.2 Å². The summed E-state index contributed by atoms with van der Waals surface area (Å²) >= 11 is 6.00. The Morgan fingerprint density at radius 2 is 1.71 bits per heavy atom. The maximum absolute atomic E-state index is 13.1. The van der Waals surface area contributed by atoms with Gasteiger partial charge in [0.1, 0.15) is 11.6 Å². The number of hydrogen-bond acceptors (Lipinski definition) is 7. The first kappa shape index (κ1) is 31.3. The molecule has 2 fully saturated rings. The molecular weight excluding hydrogens is 583 g/mol. The molecule has 4 amide bonds. The molecule has 15 heteroatoms. The van der Waals surface area contributed by atoms with Crippen LogP contribution in [-0.2, 0) is 19.1 Å². The molecule has 2 atom stereocenters. The minimum Gasteiger partial charge on any atom is -0.444 e. The number of carbonyl (C=O) groups is 4. The zero-order chi connectivity index (χ0) is 30.8. The fourth-order valence-corrected chi connectivity index (χ4v) is 4.91. The number of halogens is 4. The molecule has 1 aliphatic carbocycles. The SMILES string of the molecule is CC(C)(C)OC(=O)N1C[C@@H](NC(=O)c2cnc3cc(Cl)ccc3c2)CC[C@@H]1C(=O)NNC(=O)C1CC(OC(F)(F)F)C1. The topological polar surface area (TPSA) is 139 Å². The standard InChI is InChI=1S/C27H31ClF3N5O6/c1-26(2,3)42-25(40)36-13-18(33-22(37)16-8-14-4-5-17(28)11-20(14)32-12-16)6-7-21(36)24(39)35-34-23(38)15-9-19(10-15)41-27(29,30)31/h4-5,8,11-12,15,18-19,21H,6-7,9-10,13H2,1-3H3,(H,33,37)(H,34,38)(H,35,39)/t15?,18-,19?,21+/m0/s1. The van der Waals surface area contributed by atoms with Crippen LogP contribution >= 0.6 is 11.6 Å². The van der Waals surface area contributed by atoms with Crippen molar-refractivity contribution in [1.29, 1.82) is 0 Å². The number of ether oxygens (including phenoxy) is 2. The van der Waals surface area contributed by atoms with E-state index in [1.165, 1.54) is 11.1 Å². The first-order chi connectivity index (χ1) is 19.6. The van der Waals surface area contributed by atoms with Crippen LogP contribution in [0.15, 0.2) is 30.5 Å². The van der Waals surface area contributed by atoms with Crippen molar-refractivity contribution < 1.29 is 41.8 Å².